The Morgan fingerprint density at radius 1 is 1.04 bits per heavy atom. The second kappa shape index (κ2) is 7.05. The average molecular weight is 395 g/mol. The maximum Gasteiger partial charge on any atom is 0.259 e. The fourth-order valence-corrected chi connectivity index (χ4v) is 3.20. The highest BCUT2D eigenvalue weighted by atomic mass is 35.5. The van der Waals surface area contributed by atoms with Crippen LogP contribution < -0.4 is 5.32 Å². The van der Waals surface area contributed by atoms with Gasteiger partial charge in [-0.05, 0) is 55.8 Å². The van der Waals surface area contributed by atoms with Crippen LogP contribution in [-0.4, -0.2) is 20.5 Å². The molecule has 0 atom stereocenters. The van der Waals surface area contributed by atoms with Crippen molar-refractivity contribution < 1.29 is 9.18 Å². The number of rotatable bonds is 3. The normalized spacial score (nSPS) is 11.0. The summed E-state index contributed by atoms with van der Waals surface area (Å²) >= 11 is 5.99. The lowest BCUT2D eigenvalue weighted by molar-refractivity contribution is 0.102. The molecule has 7 heteroatoms. The number of halogens is 2. The van der Waals surface area contributed by atoms with Crippen molar-refractivity contribution in [2.75, 3.05) is 5.32 Å². The third-order valence-corrected chi connectivity index (χ3v) is 4.71. The Hall–Kier alpha value is -3.25. The Bertz CT molecular complexity index is 1180. The number of fused-ring (bicyclic) bond motifs is 1. The molecule has 1 N–H and O–H groups in total. The van der Waals surface area contributed by atoms with Crippen molar-refractivity contribution in [1.82, 2.24) is 14.6 Å². The molecule has 5 nitrogen and oxygen atoms in total. The van der Waals surface area contributed by atoms with Gasteiger partial charge in [0.05, 0.1) is 17.0 Å². The molecule has 140 valence electrons. The van der Waals surface area contributed by atoms with Gasteiger partial charge in [-0.2, -0.15) is 5.10 Å². The number of aromatic nitrogens is 3. The predicted octanol–water partition coefficient (Wildman–Crippen LogP) is 5.06. The van der Waals surface area contributed by atoms with E-state index in [-0.39, 0.29) is 11.7 Å². The smallest absolute Gasteiger partial charge is 0.259 e. The number of carbonyl (C=O) groups is 1. The number of benzene rings is 2. The molecule has 1 amide bonds. The molecule has 2 aromatic heterocycles. The summed E-state index contributed by atoms with van der Waals surface area (Å²) in [5, 5.41) is 7.91. The number of amides is 1. The summed E-state index contributed by atoms with van der Waals surface area (Å²) in [7, 11) is 0. The molecule has 0 aliphatic carbocycles. The van der Waals surface area contributed by atoms with Crippen molar-refractivity contribution in [2.24, 2.45) is 0 Å². The second-order valence-electron chi connectivity index (χ2n) is 6.44. The van der Waals surface area contributed by atoms with Crippen LogP contribution in [0.4, 0.5) is 10.1 Å². The minimum absolute atomic E-state index is 0.334. The minimum Gasteiger partial charge on any atom is -0.322 e. The van der Waals surface area contributed by atoms with Crippen LogP contribution in [0.1, 0.15) is 21.7 Å². The van der Waals surface area contributed by atoms with E-state index in [1.165, 1.54) is 24.3 Å². The standard InChI is InChI=1S/C21H16ClFN4O/c1-12-18(21(28)25-17-9-7-16(23)8-10-17)11-27-20(24-12)19(13(2)26-27)14-3-5-15(22)6-4-14/h3-11H,1-2H3,(H,25,28). The van der Waals surface area contributed by atoms with Crippen molar-refractivity contribution in [2.45, 2.75) is 13.8 Å². The van der Waals surface area contributed by atoms with Gasteiger partial charge in [0, 0.05) is 22.5 Å². The summed E-state index contributed by atoms with van der Waals surface area (Å²) < 4.78 is 14.6. The molecule has 0 aliphatic heterocycles. The SMILES string of the molecule is Cc1nc2c(-c3ccc(Cl)cc3)c(C)nn2cc1C(=O)Nc1ccc(F)cc1. The van der Waals surface area contributed by atoms with Crippen LogP contribution >= 0.6 is 11.6 Å². The molecule has 0 unspecified atom stereocenters. The van der Waals surface area contributed by atoms with Crippen LogP contribution in [-0.2, 0) is 0 Å². The molecule has 0 spiro atoms. The van der Waals surface area contributed by atoms with Crippen LogP contribution in [0.3, 0.4) is 0 Å². The number of nitrogens with zero attached hydrogens (tertiary/aromatic N) is 3. The van der Waals surface area contributed by atoms with Gasteiger partial charge in [0.25, 0.3) is 5.91 Å². The predicted molar refractivity (Wildman–Crippen MR) is 107 cm³/mol. The molecule has 4 aromatic rings. The number of nitrogens with one attached hydrogen (secondary N) is 1. The number of hydrogen-bond donors (Lipinski definition) is 1. The molecule has 0 saturated carbocycles. The van der Waals surface area contributed by atoms with Gasteiger partial charge in [0.2, 0.25) is 0 Å². The van der Waals surface area contributed by atoms with Crippen molar-refractivity contribution in [3.63, 3.8) is 0 Å². The van der Waals surface area contributed by atoms with Crippen LogP contribution in [0.2, 0.25) is 5.02 Å². The lowest BCUT2D eigenvalue weighted by Crippen LogP contribution is -2.15. The first kappa shape index (κ1) is 18.1. The van der Waals surface area contributed by atoms with E-state index in [2.05, 4.69) is 15.4 Å². The lowest BCUT2D eigenvalue weighted by atomic mass is 10.1. The molecule has 4 rings (SSSR count). The van der Waals surface area contributed by atoms with E-state index in [1.54, 1.807) is 17.6 Å². The molecule has 28 heavy (non-hydrogen) atoms. The van der Waals surface area contributed by atoms with Gasteiger partial charge in [0.15, 0.2) is 5.65 Å². The fourth-order valence-electron chi connectivity index (χ4n) is 3.08. The second-order valence-corrected chi connectivity index (χ2v) is 6.87. The van der Waals surface area contributed by atoms with E-state index in [9.17, 15) is 9.18 Å². The van der Waals surface area contributed by atoms with Crippen molar-refractivity contribution in [1.29, 1.82) is 0 Å². The zero-order chi connectivity index (χ0) is 19.8. The zero-order valence-corrected chi connectivity index (χ0v) is 16.0. The van der Waals surface area contributed by atoms with E-state index in [0.717, 1.165) is 16.8 Å². The number of carbonyl (C=O) groups excluding carboxylic acids is 1. The molecule has 0 fully saturated rings. The van der Waals surface area contributed by atoms with Crippen molar-refractivity contribution in [3.8, 4) is 11.1 Å². The minimum atomic E-state index is -0.362. The van der Waals surface area contributed by atoms with E-state index >= 15 is 0 Å². The number of hydrogen-bond acceptors (Lipinski definition) is 3. The molecule has 0 bridgehead atoms. The van der Waals surface area contributed by atoms with Gasteiger partial charge in [0.1, 0.15) is 5.82 Å². The lowest BCUT2D eigenvalue weighted by Gasteiger charge is -2.08. The molecule has 2 heterocycles. The van der Waals surface area contributed by atoms with Gasteiger partial charge >= 0.3 is 0 Å². The van der Waals surface area contributed by atoms with E-state index < -0.39 is 0 Å². The highest BCUT2D eigenvalue weighted by Gasteiger charge is 2.18. The van der Waals surface area contributed by atoms with E-state index in [4.69, 9.17) is 11.6 Å². The van der Waals surface area contributed by atoms with Crippen molar-refractivity contribution in [3.05, 3.63) is 82.5 Å². The monoisotopic (exact) mass is 394 g/mol. The molecule has 0 aliphatic rings. The summed E-state index contributed by atoms with van der Waals surface area (Å²) in [6, 6.07) is 13.1. The van der Waals surface area contributed by atoms with E-state index in [1.807, 2.05) is 31.2 Å². The van der Waals surface area contributed by atoms with Crippen LogP contribution in [0.5, 0.6) is 0 Å². The highest BCUT2D eigenvalue weighted by Crippen LogP contribution is 2.29. The average Bonchev–Trinajstić information content (AvgIpc) is 2.98. The largest absolute Gasteiger partial charge is 0.322 e. The first-order valence-electron chi connectivity index (χ1n) is 8.62. The summed E-state index contributed by atoms with van der Waals surface area (Å²) in [4.78, 5) is 17.3. The fraction of sp³-hybridized carbons (Fsp3) is 0.0952. The zero-order valence-electron chi connectivity index (χ0n) is 15.2. The van der Waals surface area contributed by atoms with Gasteiger partial charge in [-0.1, -0.05) is 23.7 Å². The molecular formula is C21H16ClFN4O. The summed E-state index contributed by atoms with van der Waals surface area (Å²) in [5.74, 6) is -0.696. The number of aryl methyl sites for hydroxylation is 2. The first-order valence-corrected chi connectivity index (χ1v) is 8.99. The topological polar surface area (TPSA) is 59.3 Å². The van der Waals surface area contributed by atoms with Gasteiger partial charge in [-0.3, -0.25) is 4.79 Å². The molecule has 0 saturated heterocycles. The Balaban J connectivity index is 1.74. The maximum absolute atomic E-state index is 13.0. The Labute approximate surface area is 165 Å². The molecular weight excluding hydrogens is 379 g/mol. The summed E-state index contributed by atoms with van der Waals surface area (Å²) in [6.07, 6.45) is 1.66. The molecule has 2 aromatic carbocycles. The maximum atomic E-state index is 13.0. The summed E-state index contributed by atoms with van der Waals surface area (Å²) in [5.41, 5.74) is 4.77. The summed E-state index contributed by atoms with van der Waals surface area (Å²) in [6.45, 7) is 3.67. The van der Waals surface area contributed by atoms with E-state index in [0.29, 0.717) is 27.6 Å². The Kier molecular flexibility index (Phi) is 4.57. The third-order valence-electron chi connectivity index (χ3n) is 4.45. The quantitative estimate of drug-likeness (QED) is 0.528. The van der Waals surface area contributed by atoms with Gasteiger partial charge in [-0.25, -0.2) is 13.9 Å². The van der Waals surface area contributed by atoms with Crippen LogP contribution in [0, 0.1) is 19.7 Å². The van der Waals surface area contributed by atoms with Crippen LogP contribution in [0.25, 0.3) is 16.8 Å². The third kappa shape index (κ3) is 3.34. The van der Waals surface area contributed by atoms with Crippen molar-refractivity contribution >= 4 is 28.8 Å². The highest BCUT2D eigenvalue weighted by molar-refractivity contribution is 6.30. The first-order chi connectivity index (χ1) is 13.4. The van der Waals surface area contributed by atoms with Gasteiger partial charge in [-0.15, -0.1) is 0 Å². The Morgan fingerprint density at radius 2 is 1.71 bits per heavy atom. The van der Waals surface area contributed by atoms with Gasteiger partial charge < -0.3 is 5.32 Å². The Morgan fingerprint density at radius 3 is 2.39 bits per heavy atom. The molecule has 0 radical (unpaired) electrons. The van der Waals surface area contributed by atoms with Crippen LogP contribution in [0.15, 0.2) is 54.7 Å². The number of anilines is 1.